The van der Waals surface area contributed by atoms with Crippen molar-refractivity contribution in [2.75, 3.05) is 37.5 Å². The summed E-state index contributed by atoms with van der Waals surface area (Å²) in [4.78, 5) is 2.51. The van der Waals surface area contributed by atoms with Gasteiger partial charge in [-0.3, -0.25) is 9.91 Å². The predicted octanol–water partition coefficient (Wildman–Crippen LogP) is 3.17. The fraction of sp³-hybridized carbons (Fsp3) is 0.364. The molecule has 0 radical (unpaired) electrons. The van der Waals surface area contributed by atoms with Gasteiger partial charge in [0.15, 0.2) is 0 Å². The van der Waals surface area contributed by atoms with Crippen molar-refractivity contribution in [3.05, 3.63) is 72.2 Å². The summed E-state index contributed by atoms with van der Waals surface area (Å²) in [5.74, 6) is 1.43. The van der Waals surface area contributed by atoms with E-state index < -0.39 is 0 Å². The number of nitrogens with one attached hydrogen (secondary N) is 1. The molecule has 0 bridgehead atoms. The van der Waals surface area contributed by atoms with Crippen LogP contribution in [0.1, 0.15) is 18.4 Å². The molecule has 1 saturated heterocycles. The van der Waals surface area contributed by atoms with Crippen LogP contribution in [0.25, 0.3) is 0 Å². The second kappa shape index (κ2) is 8.54. The molecule has 4 rings (SSSR count). The first-order valence-corrected chi connectivity index (χ1v) is 9.93. The van der Waals surface area contributed by atoms with E-state index in [0.717, 1.165) is 56.3 Å². The molecule has 2 aromatic carbocycles. The number of piperidine rings is 1. The Balaban J connectivity index is 1.26. The molecule has 1 fully saturated rings. The number of nitrogens with two attached hydrogens (primary N) is 1. The molecule has 2 aliphatic heterocycles. The standard InChI is InChI=1S/C22H29N5O/c1-25-16-22(27(24-25)21-8-3-2-4-9-21)28-17-18-10-12-26(13-11-18)15-19-6-5-7-20(23)14-19/h2-9,14,16,18,24H,10-13,15,17,23H2,1H3. The maximum Gasteiger partial charge on any atom is 0.228 e. The first-order valence-electron chi connectivity index (χ1n) is 9.93. The van der Waals surface area contributed by atoms with Gasteiger partial charge in [0.2, 0.25) is 5.88 Å². The largest absolute Gasteiger partial charge is 0.477 e. The molecule has 0 unspecified atom stereocenters. The van der Waals surface area contributed by atoms with E-state index in [2.05, 4.69) is 34.7 Å². The van der Waals surface area contributed by atoms with Crippen LogP contribution < -0.4 is 16.3 Å². The number of hydrazine groups is 2. The van der Waals surface area contributed by atoms with E-state index in [1.54, 1.807) is 0 Å². The molecular weight excluding hydrogens is 350 g/mol. The van der Waals surface area contributed by atoms with Gasteiger partial charge in [0.1, 0.15) is 0 Å². The van der Waals surface area contributed by atoms with E-state index in [4.69, 9.17) is 10.5 Å². The number of rotatable bonds is 6. The highest BCUT2D eigenvalue weighted by molar-refractivity contribution is 5.50. The number of hydrogen-bond acceptors (Lipinski definition) is 6. The summed E-state index contributed by atoms with van der Waals surface area (Å²) in [6.07, 6.45) is 4.30. The molecule has 6 heteroatoms. The van der Waals surface area contributed by atoms with Gasteiger partial charge in [0, 0.05) is 19.3 Å². The van der Waals surface area contributed by atoms with Crippen LogP contribution in [0, 0.1) is 5.92 Å². The fourth-order valence-corrected chi connectivity index (χ4v) is 3.79. The fourth-order valence-electron chi connectivity index (χ4n) is 3.79. The maximum absolute atomic E-state index is 6.20. The number of para-hydroxylation sites is 1. The average Bonchev–Trinajstić information content (AvgIpc) is 3.09. The van der Waals surface area contributed by atoms with E-state index in [0.29, 0.717) is 5.92 Å². The number of nitrogen functional groups attached to an aromatic ring is 1. The summed E-state index contributed by atoms with van der Waals surface area (Å²) < 4.78 is 6.20. The molecular formula is C22H29N5O. The number of hydrogen-bond donors (Lipinski definition) is 2. The molecule has 0 amide bonds. The first-order chi connectivity index (χ1) is 13.7. The minimum Gasteiger partial charge on any atom is -0.477 e. The topological polar surface area (TPSA) is 57.0 Å². The van der Waals surface area contributed by atoms with E-state index in [-0.39, 0.29) is 0 Å². The maximum atomic E-state index is 6.20. The molecule has 0 spiro atoms. The number of nitrogens with zero attached hydrogens (tertiary/aromatic N) is 3. The molecule has 6 nitrogen and oxygen atoms in total. The Morgan fingerprint density at radius 1 is 1.07 bits per heavy atom. The summed E-state index contributed by atoms with van der Waals surface area (Å²) in [7, 11) is 1.97. The van der Waals surface area contributed by atoms with Crippen molar-refractivity contribution in [2.45, 2.75) is 19.4 Å². The highest BCUT2D eigenvalue weighted by atomic mass is 16.5. The number of likely N-dealkylation sites (tertiary alicyclic amines) is 1. The van der Waals surface area contributed by atoms with Crippen molar-refractivity contribution < 1.29 is 4.74 Å². The first kappa shape index (κ1) is 18.7. The highest BCUT2D eigenvalue weighted by Gasteiger charge is 2.24. The third-order valence-corrected chi connectivity index (χ3v) is 5.33. The van der Waals surface area contributed by atoms with Crippen molar-refractivity contribution in [2.24, 2.45) is 5.92 Å². The molecule has 2 heterocycles. The lowest BCUT2D eigenvalue weighted by atomic mass is 9.97. The Kier molecular flexibility index (Phi) is 5.69. The van der Waals surface area contributed by atoms with Crippen LogP contribution in [-0.4, -0.2) is 36.7 Å². The zero-order valence-electron chi connectivity index (χ0n) is 16.4. The van der Waals surface area contributed by atoms with Gasteiger partial charge >= 0.3 is 0 Å². The van der Waals surface area contributed by atoms with Crippen LogP contribution in [-0.2, 0) is 11.3 Å². The van der Waals surface area contributed by atoms with E-state index in [1.807, 2.05) is 53.6 Å². The summed E-state index contributed by atoms with van der Waals surface area (Å²) in [5, 5.41) is 3.89. The van der Waals surface area contributed by atoms with E-state index >= 15 is 0 Å². The molecule has 0 saturated carbocycles. The molecule has 0 aromatic heterocycles. The minimum absolute atomic E-state index is 0.585. The molecule has 28 heavy (non-hydrogen) atoms. The molecule has 2 aliphatic rings. The van der Waals surface area contributed by atoms with Gasteiger partial charge in [0.05, 0.1) is 18.5 Å². The van der Waals surface area contributed by atoms with Crippen LogP contribution in [0.4, 0.5) is 11.4 Å². The van der Waals surface area contributed by atoms with Gasteiger partial charge in [-0.2, -0.15) is 0 Å². The monoisotopic (exact) mass is 379 g/mol. The number of ether oxygens (including phenoxy) is 1. The zero-order valence-corrected chi connectivity index (χ0v) is 16.4. The quantitative estimate of drug-likeness (QED) is 0.752. The Hall–Kier alpha value is -2.70. The van der Waals surface area contributed by atoms with Gasteiger partial charge in [-0.05, 0) is 61.7 Å². The lowest BCUT2D eigenvalue weighted by Gasteiger charge is -2.32. The van der Waals surface area contributed by atoms with Gasteiger partial charge in [-0.25, -0.2) is 5.01 Å². The molecule has 0 atom stereocenters. The third kappa shape index (κ3) is 4.58. The third-order valence-electron chi connectivity index (χ3n) is 5.33. The SMILES string of the molecule is CN1C=C(OCC2CCN(Cc3cccc(N)c3)CC2)N(c2ccccc2)N1. The van der Waals surface area contributed by atoms with Crippen molar-refractivity contribution >= 4 is 11.4 Å². The molecule has 0 aliphatic carbocycles. The normalized spacial score (nSPS) is 18.4. The Morgan fingerprint density at radius 2 is 1.86 bits per heavy atom. The van der Waals surface area contributed by atoms with Crippen molar-refractivity contribution in [3.63, 3.8) is 0 Å². The lowest BCUT2D eigenvalue weighted by molar-refractivity contribution is 0.101. The van der Waals surface area contributed by atoms with Crippen LogP contribution in [0.2, 0.25) is 0 Å². The number of anilines is 2. The van der Waals surface area contributed by atoms with Gasteiger partial charge in [-0.15, -0.1) is 5.53 Å². The number of benzene rings is 2. The van der Waals surface area contributed by atoms with Crippen molar-refractivity contribution in [3.8, 4) is 0 Å². The Bertz CT molecular complexity index is 802. The summed E-state index contributed by atoms with van der Waals surface area (Å²) >= 11 is 0. The van der Waals surface area contributed by atoms with E-state index in [9.17, 15) is 0 Å². The average molecular weight is 380 g/mol. The second-order valence-corrected chi connectivity index (χ2v) is 7.62. The van der Waals surface area contributed by atoms with E-state index in [1.165, 1.54) is 5.56 Å². The second-order valence-electron chi connectivity index (χ2n) is 7.62. The van der Waals surface area contributed by atoms with Gasteiger partial charge < -0.3 is 10.5 Å². The van der Waals surface area contributed by atoms with Gasteiger partial charge in [-0.1, -0.05) is 30.3 Å². The summed E-state index contributed by atoms with van der Waals surface area (Å²) in [5.41, 5.74) is 12.4. The Morgan fingerprint density at radius 3 is 2.61 bits per heavy atom. The van der Waals surface area contributed by atoms with Crippen molar-refractivity contribution in [1.29, 1.82) is 0 Å². The van der Waals surface area contributed by atoms with Crippen LogP contribution >= 0.6 is 0 Å². The smallest absolute Gasteiger partial charge is 0.228 e. The summed E-state index contributed by atoms with van der Waals surface area (Å²) in [6, 6.07) is 18.4. The lowest BCUT2D eigenvalue weighted by Crippen LogP contribution is -2.39. The van der Waals surface area contributed by atoms with Crippen molar-refractivity contribution in [1.82, 2.24) is 15.4 Å². The zero-order chi connectivity index (χ0) is 19.3. The van der Waals surface area contributed by atoms with Gasteiger partial charge in [0.25, 0.3) is 0 Å². The summed E-state index contributed by atoms with van der Waals surface area (Å²) in [6.45, 7) is 3.92. The highest BCUT2D eigenvalue weighted by Crippen LogP contribution is 2.25. The minimum atomic E-state index is 0.585. The van der Waals surface area contributed by atoms with Crippen LogP contribution in [0.15, 0.2) is 66.7 Å². The molecule has 2 aromatic rings. The molecule has 148 valence electrons. The van der Waals surface area contributed by atoms with Crippen LogP contribution in [0.5, 0.6) is 0 Å². The predicted molar refractivity (Wildman–Crippen MR) is 113 cm³/mol. The van der Waals surface area contributed by atoms with Crippen LogP contribution in [0.3, 0.4) is 0 Å². The molecule has 3 N–H and O–H groups in total. The Labute approximate surface area is 167 Å².